The van der Waals surface area contributed by atoms with Crippen LogP contribution in [0.3, 0.4) is 0 Å². The van der Waals surface area contributed by atoms with Crippen LogP contribution >= 0.6 is 22.6 Å². The molecule has 0 aliphatic heterocycles. The molecule has 0 spiro atoms. The molecule has 1 N–H and O–H groups in total. The first-order chi connectivity index (χ1) is 5.70. The fourth-order valence-corrected chi connectivity index (χ4v) is 1.36. The summed E-state index contributed by atoms with van der Waals surface area (Å²) in [6, 6.07) is 5.14. The molecule has 4 heteroatoms. The Morgan fingerprint density at radius 3 is 2.75 bits per heavy atom. The lowest BCUT2D eigenvalue weighted by atomic mass is 10.2. The number of aromatic hydroxyl groups is 1. The van der Waals surface area contributed by atoms with Crippen molar-refractivity contribution in [3.05, 3.63) is 21.3 Å². The van der Waals surface area contributed by atoms with Crippen molar-refractivity contribution in [1.82, 2.24) is 0 Å². The molecule has 3 nitrogen and oxygen atoms in total. The van der Waals surface area contributed by atoms with Crippen molar-refractivity contribution in [1.29, 1.82) is 5.26 Å². The topological polar surface area (TPSA) is 53.2 Å². The SMILES string of the molecule is COc1ccc(C#N)c(I)c1O. The van der Waals surface area contributed by atoms with Gasteiger partial charge in [-0.15, -0.1) is 0 Å². The number of benzene rings is 1. The normalized spacial score (nSPS) is 9.08. The Bertz CT molecular complexity index is 344. The van der Waals surface area contributed by atoms with Gasteiger partial charge in [0.1, 0.15) is 6.07 Å². The number of phenolic OH excluding ortho intramolecular Hbond substituents is 1. The van der Waals surface area contributed by atoms with Gasteiger partial charge in [-0.2, -0.15) is 5.26 Å². The van der Waals surface area contributed by atoms with Gasteiger partial charge in [0.05, 0.1) is 16.2 Å². The van der Waals surface area contributed by atoms with Gasteiger partial charge in [-0.25, -0.2) is 0 Å². The number of methoxy groups -OCH3 is 1. The van der Waals surface area contributed by atoms with Crippen LogP contribution in [0.5, 0.6) is 11.5 Å². The summed E-state index contributed by atoms with van der Waals surface area (Å²) in [4.78, 5) is 0. The van der Waals surface area contributed by atoms with E-state index in [0.717, 1.165) is 0 Å². The quantitative estimate of drug-likeness (QED) is 0.796. The van der Waals surface area contributed by atoms with Crippen LogP contribution in [0.15, 0.2) is 12.1 Å². The molecule has 0 heterocycles. The Labute approximate surface area is 83.7 Å². The summed E-state index contributed by atoms with van der Waals surface area (Å²) in [6.45, 7) is 0. The van der Waals surface area contributed by atoms with E-state index < -0.39 is 0 Å². The van der Waals surface area contributed by atoms with E-state index in [1.165, 1.54) is 7.11 Å². The van der Waals surface area contributed by atoms with Crippen molar-refractivity contribution >= 4 is 22.6 Å². The van der Waals surface area contributed by atoms with E-state index in [1.54, 1.807) is 12.1 Å². The molecule has 0 saturated heterocycles. The first-order valence-electron chi connectivity index (χ1n) is 3.16. The van der Waals surface area contributed by atoms with Gasteiger partial charge in [0.2, 0.25) is 0 Å². The van der Waals surface area contributed by atoms with Crippen LogP contribution in [0.2, 0.25) is 0 Å². The molecule has 0 aliphatic carbocycles. The highest BCUT2D eigenvalue weighted by molar-refractivity contribution is 14.1. The van der Waals surface area contributed by atoms with Crippen molar-refractivity contribution in [3.8, 4) is 17.6 Å². The number of nitrogens with zero attached hydrogens (tertiary/aromatic N) is 1. The van der Waals surface area contributed by atoms with Crippen molar-refractivity contribution < 1.29 is 9.84 Å². The van der Waals surface area contributed by atoms with Crippen LogP contribution in [0, 0.1) is 14.9 Å². The minimum Gasteiger partial charge on any atom is -0.503 e. The molecule has 0 bridgehead atoms. The highest BCUT2D eigenvalue weighted by Crippen LogP contribution is 2.32. The van der Waals surface area contributed by atoms with Gasteiger partial charge in [-0.1, -0.05) is 0 Å². The monoisotopic (exact) mass is 275 g/mol. The summed E-state index contributed by atoms with van der Waals surface area (Å²) in [5.74, 6) is 0.413. The number of hydrogen-bond donors (Lipinski definition) is 1. The molecule has 1 aromatic carbocycles. The van der Waals surface area contributed by atoms with Gasteiger partial charge in [0, 0.05) is 0 Å². The molecule has 1 aromatic rings. The number of phenols is 1. The fourth-order valence-electron chi connectivity index (χ4n) is 0.798. The van der Waals surface area contributed by atoms with E-state index in [2.05, 4.69) is 0 Å². The van der Waals surface area contributed by atoms with Crippen molar-refractivity contribution in [2.45, 2.75) is 0 Å². The molecule has 0 aliphatic rings. The Kier molecular flexibility index (Phi) is 2.76. The highest BCUT2D eigenvalue weighted by Gasteiger charge is 2.09. The van der Waals surface area contributed by atoms with Crippen molar-refractivity contribution in [2.24, 2.45) is 0 Å². The number of nitriles is 1. The Morgan fingerprint density at radius 2 is 2.25 bits per heavy atom. The van der Waals surface area contributed by atoms with Crippen LogP contribution < -0.4 is 4.74 Å². The minimum atomic E-state index is 0.0251. The van der Waals surface area contributed by atoms with Gasteiger partial charge in [-0.3, -0.25) is 0 Å². The Morgan fingerprint density at radius 1 is 1.58 bits per heavy atom. The lowest BCUT2D eigenvalue weighted by Crippen LogP contribution is -1.88. The number of halogens is 1. The second-order valence-corrected chi connectivity index (χ2v) is 3.17. The number of rotatable bonds is 1. The zero-order valence-corrected chi connectivity index (χ0v) is 8.49. The zero-order chi connectivity index (χ0) is 9.14. The smallest absolute Gasteiger partial charge is 0.172 e. The van der Waals surface area contributed by atoms with Gasteiger partial charge in [0.15, 0.2) is 11.5 Å². The van der Waals surface area contributed by atoms with E-state index in [1.807, 2.05) is 28.7 Å². The Hall–Kier alpha value is -0.960. The average molecular weight is 275 g/mol. The van der Waals surface area contributed by atoms with Crippen LogP contribution in [0.25, 0.3) is 0 Å². The molecule has 0 aromatic heterocycles. The Balaban J connectivity index is 3.32. The maximum absolute atomic E-state index is 9.43. The first-order valence-corrected chi connectivity index (χ1v) is 4.24. The fraction of sp³-hybridized carbons (Fsp3) is 0.125. The molecule has 0 fully saturated rings. The summed E-state index contributed by atoms with van der Waals surface area (Å²) < 4.78 is 5.38. The summed E-state index contributed by atoms with van der Waals surface area (Å²) in [5, 5.41) is 18.0. The first kappa shape index (κ1) is 9.13. The van der Waals surface area contributed by atoms with Crippen molar-refractivity contribution in [2.75, 3.05) is 7.11 Å². The maximum Gasteiger partial charge on any atom is 0.172 e. The summed E-state index contributed by atoms with van der Waals surface area (Å²) in [5.41, 5.74) is 0.453. The van der Waals surface area contributed by atoms with Crippen LogP contribution in [0.4, 0.5) is 0 Å². The van der Waals surface area contributed by atoms with Gasteiger partial charge in [-0.05, 0) is 34.7 Å². The van der Waals surface area contributed by atoms with Gasteiger partial charge >= 0.3 is 0 Å². The second-order valence-electron chi connectivity index (χ2n) is 2.09. The van der Waals surface area contributed by atoms with Crippen LogP contribution in [0.1, 0.15) is 5.56 Å². The van der Waals surface area contributed by atoms with E-state index in [9.17, 15) is 5.11 Å². The average Bonchev–Trinajstić information content (AvgIpc) is 2.10. The lowest BCUT2D eigenvalue weighted by molar-refractivity contribution is 0.371. The molecule has 62 valence electrons. The number of ether oxygens (including phenoxy) is 1. The molecular weight excluding hydrogens is 269 g/mol. The van der Waals surface area contributed by atoms with E-state index in [0.29, 0.717) is 14.9 Å². The standard InChI is InChI=1S/C8H6INO2/c1-12-6-3-2-5(4-10)7(9)8(6)11/h2-3,11H,1H3. The molecular formula is C8H6INO2. The number of hydrogen-bond acceptors (Lipinski definition) is 3. The molecule has 12 heavy (non-hydrogen) atoms. The van der Waals surface area contributed by atoms with Crippen LogP contribution in [-0.4, -0.2) is 12.2 Å². The lowest BCUT2D eigenvalue weighted by Gasteiger charge is -2.04. The molecule has 0 atom stereocenters. The van der Waals surface area contributed by atoms with Crippen molar-refractivity contribution in [3.63, 3.8) is 0 Å². The summed E-state index contributed by atoms with van der Waals surface area (Å²) in [6.07, 6.45) is 0. The maximum atomic E-state index is 9.43. The zero-order valence-electron chi connectivity index (χ0n) is 6.34. The van der Waals surface area contributed by atoms with Gasteiger partial charge in [0.25, 0.3) is 0 Å². The minimum absolute atomic E-state index is 0.0251. The third kappa shape index (κ3) is 1.46. The predicted molar refractivity (Wildman–Crippen MR) is 52.1 cm³/mol. The van der Waals surface area contributed by atoms with Crippen LogP contribution in [-0.2, 0) is 0 Å². The molecule has 0 unspecified atom stereocenters. The van der Waals surface area contributed by atoms with Gasteiger partial charge < -0.3 is 9.84 Å². The van der Waals surface area contributed by atoms with E-state index in [-0.39, 0.29) is 5.75 Å². The molecule has 0 radical (unpaired) electrons. The summed E-state index contributed by atoms with van der Waals surface area (Å²) in [7, 11) is 1.47. The third-order valence-corrected chi connectivity index (χ3v) is 2.51. The largest absolute Gasteiger partial charge is 0.503 e. The summed E-state index contributed by atoms with van der Waals surface area (Å²) >= 11 is 1.90. The third-order valence-electron chi connectivity index (χ3n) is 1.42. The second kappa shape index (κ2) is 3.63. The van der Waals surface area contributed by atoms with E-state index >= 15 is 0 Å². The van der Waals surface area contributed by atoms with E-state index in [4.69, 9.17) is 10.00 Å². The highest BCUT2D eigenvalue weighted by atomic mass is 127. The molecule has 1 rings (SSSR count). The predicted octanol–water partition coefficient (Wildman–Crippen LogP) is 1.88. The molecule has 0 amide bonds. The molecule has 0 saturated carbocycles.